The number of unbranched alkanes of at least 4 members (excludes halogenated alkanes) is 37. The molecule has 0 aromatic carbocycles. The molecule has 0 aromatic heterocycles. The Morgan fingerprint density at radius 3 is 0.826 bits per heavy atom. The lowest BCUT2D eigenvalue weighted by atomic mass is 9.99. The molecule has 0 spiro atoms. The van der Waals surface area contributed by atoms with E-state index < -0.39 is 97.5 Å². The first-order chi connectivity index (χ1) is 44.3. The molecule has 0 radical (unpaired) electrons. The zero-order chi connectivity index (χ0) is 68.0. The van der Waals surface area contributed by atoms with Gasteiger partial charge in [-0.1, -0.05) is 318 Å². The van der Waals surface area contributed by atoms with Crippen molar-refractivity contribution in [3.05, 3.63) is 0 Å². The monoisotopic (exact) mass is 1350 g/mol. The van der Waals surface area contributed by atoms with E-state index in [-0.39, 0.29) is 25.7 Å². The van der Waals surface area contributed by atoms with Gasteiger partial charge in [-0.05, 0) is 43.4 Å². The van der Waals surface area contributed by atoms with Crippen LogP contribution in [0.1, 0.15) is 370 Å². The third-order valence-electron chi connectivity index (χ3n) is 17.6. The second-order valence-corrected chi connectivity index (χ2v) is 30.2. The third kappa shape index (κ3) is 64.1. The average Bonchev–Trinajstić information content (AvgIpc) is 1.83. The Hall–Kier alpha value is -1.94. The number of rotatable bonds is 71. The molecular weight excluding hydrogens is 1210 g/mol. The zero-order valence-electron chi connectivity index (χ0n) is 60.0. The molecule has 0 amide bonds. The van der Waals surface area contributed by atoms with Crippen molar-refractivity contribution in [3.8, 4) is 0 Å². The van der Waals surface area contributed by atoms with Gasteiger partial charge in [0.15, 0.2) is 12.2 Å². The molecular formula is C73H142O17P2. The van der Waals surface area contributed by atoms with Crippen LogP contribution in [0.3, 0.4) is 0 Å². The molecule has 92 heavy (non-hydrogen) atoms. The molecule has 17 nitrogen and oxygen atoms in total. The Balaban J connectivity index is 5.15. The summed E-state index contributed by atoms with van der Waals surface area (Å²) in [5.74, 6) is 0.206. The van der Waals surface area contributed by atoms with Gasteiger partial charge in [0, 0.05) is 25.7 Å². The summed E-state index contributed by atoms with van der Waals surface area (Å²) in [6.45, 7) is 11.8. The number of aliphatic hydroxyl groups excluding tert-OH is 1. The van der Waals surface area contributed by atoms with Crippen LogP contribution in [-0.2, 0) is 65.4 Å². The fourth-order valence-electron chi connectivity index (χ4n) is 11.0. The van der Waals surface area contributed by atoms with Crippen molar-refractivity contribution in [3.63, 3.8) is 0 Å². The summed E-state index contributed by atoms with van der Waals surface area (Å²) in [7, 11) is -9.90. The highest BCUT2D eigenvalue weighted by atomic mass is 31.2. The molecule has 4 unspecified atom stereocenters. The fourth-order valence-corrected chi connectivity index (χ4v) is 12.6. The molecule has 3 N–H and O–H groups in total. The number of carbonyl (C=O) groups is 4. The molecule has 546 valence electrons. The summed E-state index contributed by atoms with van der Waals surface area (Å²) in [6.07, 6.45) is 48.8. The van der Waals surface area contributed by atoms with Crippen LogP contribution in [-0.4, -0.2) is 96.7 Å². The molecule has 0 aromatic rings. The van der Waals surface area contributed by atoms with Crippen molar-refractivity contribution in [2.75, 3.05) is 39.6 Å². The molecule has 7 atom stereocenters. The lowest BCUT2D eigenvalue weighted by Crippen LogP contribution is -2.30. The lowest BCUT2D eigenvalue weighted by molar-refractivity contribution is -0.161. The minimum atomic E-state index is -4.95. The van der Waals surface area contributed by atoms with Crippen molar-refractivity contribution in [1.82, 2.24) is 0 Å². The van der Waals surface area contributed by atoms with Gasteiger partial charge < -0.3 is 33.8 Å². The summed E-state index contributed by atoms with van der Waals surface area (Å²) < 4.78 is 68.3. The number of carbonyl (C=O) groups excluding carboxylic acids is 4. The van der Waals surface area contributed by atoms with Gasteiger partial charge in [0.05, 0.1) is 26.4 Å². The molecule has 0 saturated carbocycles. The molecule has 0 aliphatic heterocycles. The van der Waals surface area contributed by atoms with Gasteiger partial charge in [-0.25, -0.2) is 9.13 Å². The minimum absolute atomic E-state index is 0.103. The topological polar surface area (TPSA) is 237 Å². The Bertz CT molecular complexity index is 1810. The van der Waals surface area contributed by atoms with E-state index >= 15 is 0 Å². The summed E-state index contributed by atoms with van der Waals surface area (Å²) >= 11 is 0. The van der Waals surface area contributed by atoms with Gasteiger partial charge in [0.1, 0.15) is 19.3 Å². The Kier molecular flexibility index (Phi) is 62.4. The molecule has 19 heteroatoms. The highest BCUT2D eigenvalue weighted by Crippen LogP contribution is 2.45. The summed E-state index contributed by atoms with van der Waals surface area (Å²) in [6, 6.07) is 0. The highest BCUT2D eigenvalue weighted by molar-refractivity contribution is 7.47. The van der Waals surface area contributed by atoms with Gasteiger partial charge in [-0.2, -0.15) is 0 Å². The van der Waals surface area contributed by atoms with Crippen molar-refractivity contribution < 1.29 is 80.2 Å². The Morgan fingerprint density at radius 2 is 0.554 bits per heavy atom. The van der Waals surface area contributed by atoms with Crippen LogP contribution in [0, 0.1) is 17.8 Å². The van der Waals surface area contributed by atoms with Gasteiger partial charge in [-0.15, -0.1) is 0 Å². The number of aliphatic hydroxyl groups is 1. The van der Waals surface area contributed by atoms with Gasteiger partial charge >= 0.3 is 39.5 Å². The van der Waals surface area contributed by atoms with Crippen LogP contribution in [0.25, 0.3) is 0 Å². The normalized spacial score (nSPS) is 14.7. The Morgan fingerprint density at radius 1 is 0.315 bits per heavy atom. The predicted molar refractivity (Wildman–Crippen MR) is 372 cm³/mol. The number of phosphoric ester groups is 2. The van der Waals surface area contributed by atoms with E-state index in [4.69, 9.17) is 37.0 Å². The van der Waals surface area contributed by atoms with E-state index in [0.717, 1.165) is 114 Å². The van der Waals surface area contributed by atoms with Crippen LogP contribution < -0.4 is 0 Å². The van der Waals surface area contributed by atoms with E-state index in [9.17, 15) is 43.2 Å². The van der Waals surface area contributed by atoms with Crippen molar-refractivity contribution >= 4 is 39.5 Å². The van der Waals surface area contributed by atoms with E-state index in [1.807, 2.05) is 0 Å². The zero-order valence-corrected chi connectivity index (χ0v) is 61.8. The number of hydrogen-bond donors (Lipinski definition) is 3. The van der Waals surface area contributed by atoms with Gasteiger partial charge in [0.25, 0.3) is 0 Å². The summed E-state index contributed by atoms with van der Waals surface area (Å²) in [5.41, 5.74) is 0. The number of esters is 4. The van der Waals surface area contributed by atoms with E-state index in [2.05, 4.69) is 48.5 Å². The molecule has 0 fully saturated rings. The molecule has 0 aliphatic carbocycles. The molecule has 0 rings (SSSR count). The number of hydrogen-bond acceptors (Lipinski definition) is 15. The standard InChI is InChI=1S/C73H142O17P2/c1-8-11-12-13-14-32-40-47-54-70(75)83-61-69(90-73(78)57-50-43-36-35-39-46-53-66(7)10-3)63-88-92(81,82)86-59-67(74)58-85-91(79,80)87-62-68(60-84-71(76)55-48-41-33-29-25-26-30-37-44-51-64(4)5)89-72(77)56-49-42-34-28-24-22-20-18-16-15-17-19-21-23-27-31-38-45-52-65(6)9-2/h64-69,74H,8-63H2,1-7H3,(H,79,80)(H,81,82)/t65?,66?,67-,68-,69-/m1/s1. The first-order valence-electron chi connectivity index (χ1n) is 37.9. The summed E-state index contributed by atoms with van der Waals surface area (Å²) in [4.78, 5) is 72.5. The quantitative estimate of drug-likeness (QED) is 0.0222. The van der Waals surface area contributed by atoms with E-state index in [1.54, 1.807) is 0 Å². The predicted octanol–water partition coefficient (Wildman–Crippen LogP) is 21.0. The van der Waals surface area contributed by atoms with Crippen LogP contribution >= 0.6 is 15.6 Å². The SMILES string of the molecule is CCCCCCCCCCC(=O)OC[C@H](COP(=O)(O)OC[C@H](O)COP(=O)(O)OC[C@@H](COC(=O)CCCCCCCCCCCC(C)C)OC(=O)CCCCCCCCCCCCCCCCCCCCC(C)CC)OC(=O)CCCCCCCCC(C)CC. The van der Waals surface area contributed by atoms with Crippen molar-refractivity contribution in [1.29, 1.82) is 0 Å². The van der Waals surface area contributed by atoms with Crippen molar-refractivity contribution in [2.24, 2.45) is 17.8 Å². The van der Waals surface area contributed by atoms with Crippen LogP contribution in [0.4, 0.5) is 0 Å². The Labute approximate surface area is 562 Å². The molecule has 0 saturated heterocycles. The second-order valence-electron chi connectivity index (χ2n) is 27.3. The maximum Gasteiger partial charge on any atom is 0.472 e. The minimum Gasteiger partial charge on any atom is -0.462 e. The highest BCUT2D eigenvalue weighted by Gasteiger charge is 2.30. The fraction of sp³-hybridized carbons (Fsp3) is 0.945. The van der Waals surface area contributed by atoms with Crippen LogP contribution in [0.5, 0.6) is 0 Å². The van der Waals surface area contributed by atoms with Gasteiger partial charge in [0.2, 0.25) is 0 Å². The van der Waals surface area contributed by atoms with E-state index in [1.165, 1.54) is 173 Å². The maximum atomic E-state index is 13.1. The first kappa shape index (κ1) is 90.1. The average molecular weight is 1350 g/mol. The number of ether oxygens (including phenoxy) is 4. The third-order valence-corrected chi connectivity index (χ3v) is 19.5. The van der Waals surface area contributed by atoms with Crippen molar-refractivity contribution in [2.45, 2.75) is 388 Å². The van der Waals surface area contributed by atoms with Crippen LogP contribution in [0.15, 0.2) is 0 Å². The first-order valence-corrected chi connectivity index (χ1v) is 40.9. The largest absolute Gasteiger partial charge is 0.472 e. The molecule has 0 bridgehead atoms. The smallest absolute Gasteiger partial charge is 0.462 e. The van der Waals surface area contributed by atoms with E-state index in [0.29, 0.717) is 25.7 Å². The number of phosphoric acid groups is 2. The lowest BCUT2D eigenvalue weighted by Gasteiger charge is -2.21. The molecule has 0 aliphatic rings. The summed E-state index contributed by atoms with van der Waals surface area (Å²) in [5, 5.41) is 10.6. The molecule has 0 heterocycles. The van der Waals surface area contributed by atoms with Gasteiger partial charge in [-0.3, -0.25) is 37.3 Å². The second kappa shape index (κ2) is 63.8. The van der Waals surface area contributed by atoms with Crippen LogP contribution in [0.2, 0.25) is 0 Å². The maximum absolute atomic E-state index is 13.1.